The van der Waals surface area contributed by atoms with Gasteiger partial charge in [0.2, 0.25) is 5.91 Å². The second-order valence-corrected chi connectivity index (χ2v) is 7.74. The third-order valence-corrected chi connectivity index (χ3v) is 5.01. The second-order valence-electron chi connectivity index (χ2n) is 6.51. The Morgan fingerprint density at radius 3 is 2.76 bits per heavy atom. The monoisotopic (exact) mass is 362 g/mol. The number of anilines is 1. The molecule has 2 aromatic heterocycles. The Hall–Kier alpha value is -1.83. The molecule has 1 N–H and O–H groups in total. The quantitative estimate of drug-likeness (QED) is 0.602. The highest BCUT2D eigenvalue weighted by Crippen LogP contribution is 2.29. The summed E-state index contributed by atoms with van der Waals surface area (Å²) >= 11 is 1.65. The van der Waals surface area contributed by atoms with Crippen molar-refractivity contribution < 1.29 is 4.79 Å². The molecule has 0 aromatic carbocycles. The van der Waals surface area contributed by atoms with Crippen molar-refractivity contribution in [3.63, 3.8) is 0 Å². The topological polar surface area (TPSA) is 75.9 Å². The smallest absolute Gasteiger partial charge is 0.222 e. The predicted molar refractivity (Wildman–Crippen MR) is 101 cm³/mol. The summed E-state index contributed by atoms with van der Waals surface area (Å²) in [6.45, 7) is 9.12. The van der Waals surface area contributed by atoms with Crippen molar-refractivity contribution in [2.45, 2.75) is 45.3 Å². The highest BCUT2D eigenvalue weighted by atomic mass is 32.2. The summed E-state index contributed by atoms with van der Waals surface area (Å²) < 4.78 is 1.87. The van der Waals surface area contributed by atoms with E-state index in [0.717, 1.165) is 40.9 Å². The summed E-state index contributed by atoms with van der Waals surface area (Å²) in [6, 6.07) is 0. The molecule has 3 heterocycles. The first-order valence-electron chi connectivity index (χ1n) is 8.99. The Balaban J connectivity index is 1.85. The van der Waals surface area contributed by atoms with E-state index in [1.54, 1.807) is 11.8 Å². The fourth-order valence-electron chi connectivity index (χ4n) is 2.94. The first kappa shape index (κ1) is 18.0. The lowest BCUT2D eigenvalue weighted by Gasteiger charge is -2.17. The molecule has 1 saturated heterocycles. The summed E-state index contributed by atoms with van der Waals surface area (Å²) in [7, 11) is 0. The van der Waals surface area contributed by atoms with Gasteiger partial charge in [0.1, 0.15) is 5.82 Å². The van der Waals surface area contributed by atoms with Crippen LogP contribution < -0.4 is 10.2 Å². The van der Waals surface area contributed by atoms with E-state index in [2.05, 4.69) is 22.2 Å². The van der Waals surface area contributed by atoms with Gasteiger partial charge in [-0.3, -0.25) is 4.79 Å². The van der Waals surface area contributed by atoms with Crippen LogP contribution in [-0.2, 0) is 11.3 Å². The van der Waals surface area contributed by atoms with Gasteiger partial charge in [-0.15, -0.1) is 0 Å². The molecule has 1 amide bonds. The zero-order valence-electron chi connectivity index (χ0n) is 15.2. The number of hydrogen-bond donors (Lipinski definition) is 1. The first-order chi connectivity index (χ1) is 12.1. The van der Waals surface area contributed by atoms with E-state index in [4.69, 9.17) is 9.97 Å². The first-order valence-corrected chi connectivity index (χ1v) is 9.97. The number of fused-ring (bicyclic) bond motifs is 1. The minimum Gasteiger partial charge on any atom is -0.356 e. The van der Waals surface area contributed by atoms with Crippen molar-refractivity contribution in [2.75, 3.05) is 30.3 Å². The van der Waals surface area contributed by atoms with E-state index in [0.29, 0.717) is 13.1 Å². The number of aromatic nitrogens is 4. The molecular weight excluding hydrogens is 336 g/mol. The number of carbonyl (C=O) groups excluding carboxylic acids is 1. The van der Waals surface area contributed by atoms with E-state index in [9.17, 15) is 4.79 Å². The van der Waals surface area contributed by atoms with Gasteiger partial charge < -0.3 is 10.2 Å². The average Bonchev–Trinajstić information content (AvgIpc) is 3.24. The van der Waals surface area contributed by atoms with Gasteiger partial charge in [-0.25, -0.2) is 14.6 Å². The lowest BCUT2D eigenvalue weighted by atomic mass is 10.2. The number of carbonyl (C=O) groups is 1. The van der Waals surface area contributed by atoms with Crippen LogP contribution in [0.2, 0.25) is 0 Å². The summed E-state index contributed by atoms with van der Waals surface area (Å²) in [6.07, 6.45) is 4.27. The third-order valence-electron chi connectivity index (χ3n) is 4.28. The highest BCUT2D eigenvalue weighted by Gasteiger charge is 2.20. The zero-order chi connectivity index (χ0) is 17.8. The van der Waals surface area contributed by atoms with Crippen LogP contribution in [0.3, 0.4) is 0 Å². The average molecular weight is 363 g/mol. The number of nitrogens with zero attached hydrogens (tertiary/aromatic N) is 5. The Labute approximate surface area is 152 Å². The fraction of sp³-hybridized carbons (Fsp3) is 0.647. The molecule has 0 saturated carbocycles. The third kappa shape index (κ3) is 4.05. The van der Waals surface area contributed by atoms with E-state index < -0.39 is 0 Å². The number of thioether (sulfide) groups is 1. The van der Waals surface area contributed by atoms with Crippen molar-refractivity contribution in [2.24, 2.45) is 5.92 Å². The molecule has 2 aromatic rings. The number of rotatable bonds is 7. The van der Waals surface area contributed by atoms with Crippen LogP contribution in [0.5, 0.6) is 0 Å². The lowest BCUT2D eigenvalue weighted by molar-refractivity contribution is -0.124. The maximum Gasteiger partial charge on any atom is 0.222 e. The van der Waals surface area contributed by atoms with Crippen molar-refractivity contribution in [3.8, 4) is 0 Å². The van der Waals surface area contributed by atoms with Crippen LogP contribution >= 0.6 is 11.8 Å². The fourth-order valence-corrected chi connectivity index (χ4v) is 3.50. The molecule has 25 heavy (non-hydrogen) atoms. The molecule has 0 bridgehead atoms. The van der Waals surface area contributed by atoms with E-state index >= 15 is 0 Å². The van der Waals surface area contributed by atoms with Gasteiger partial charge in [0.15, 0.2) is 10.8 Å². The number of amides is 1. The van der Waals surface area contributed by atoms with Crippen molar-refractivity contribution >= 4 is 34.5 Å². The van der Waals surface area contributed by atoms with Crippen LogP contribution in [0.25, 0.3) is 11.0 Å². The Kier molecular flexibility index (Phi) is 5.78. The molecule has 1 aliphatic heterocycles. The molecular formula is C17H26N6OS. The highest BCUT2D eigenvalue weighted by molar-refractivity contribution is 7.99. The van der Waals surface area contributed by atoms with Gasteiger partial charge >= 0.3 is 0 Å². The minimum absolute atomic E-state index is 0.00832. The van der Waals surface area contributed by atoms with Gasteiger partial charge in [0.25, 0.3) is 0 Å². The molecule has 7 nitrogen and oxygen atoms in total. The van der Waals surface area contributed by atoms with Crippen LogP contribution in [0.4, 0.5) is 5.82 Å². The van der Waals surface area contributed by atoms with E-state index in [1.165, 1.54) is 12.8 Å². The number of hydrogen-bond acceptors (Lipinski definition) is 6. The second kappa shape index (κ2) is 8.03. The van der Waals surface area contributed by atoms with E-state index in [1.807, 2.05) is 24.7 Å². The van der Waals surface area contributed by atoms with Gasteiger partial charge in [-0.1, -0.05) is 32.5 Å². The molecule has 0 radical (unpaired) electrons. The molecule has 1 fully saturated rings. The summed E-state index contributed by atoms with van der Waals surface area (Å²) in [5, 5.41) is 9.23. The van der Waals surface area contributed by atoms with Crippen molar-refractivity contribution in [1.29, 1.82) is 0 Å². The van der Waals surface area contributed by atoms with Crippen LogP contribution in [-0.4, -0.2) is 51.0 Å². The zero-order valence-corrected chi connectivity index (χ0v) is 16.0. The Morgan fingerprint density at radius 1 is 1.32 bits per heavy atom. The van der Waals surface area contributed by atoms with E-state index in [-0.39, 0.29) is 11.8 Å². The molecule has 0 aliphatic carbocycles. The lowest BCUT2D eigenvalue weighted by Crippen LogP contribution is -2.30. The summed E-state index contributed by atoms with van der Waals surface area (Å²) in [5.74, 6) is 1.98. The molecule has 3 rings (SSSR count). The molecule has 0 unspecified atom stereocenters. The Bertz CT molecular complexity index is 738. The van der Waals surface area contributed by atoms with Crippen LogP contribution in [0, 0.1) is 5.92 Å². The maximum absolute atomic E-state index is 11.7. The predicted octanol–water partition coefficient (Wildman–Crippen LogP) is 2.31. The molecule has 1 aliphatic rings. The minimum atomic E-state index is -0.00832. The molecule has 8 heteroatoms. The van der Waals surface area contributed by atoms with Crippen molar-refractivity contribution in [3.05, 3.63) is 6.20 Å². The van der Waals surface area contributed by atoms with Crippen LogP contribution in [0.15, 0.2) is 11.4 Å². The van der Waals surface area contributed by atoms with Gasteiger partial charge in [0.05, 0.1) is 18.1 Å². The Morgan fingerprint density at radius 2 is 2.08 bits per heavy atom. The molecule has 0 atom stereocenters. The molecule has 136 valence electrons. The largest absolute Gasteiger partial charge is 0.356 e. The number of nitrogens with one attached hydrogen (secondary N) is 1. The standard InChI is InChI=1S/C17H26N6OS/c1-4-25-17-20-14(22-8-5-6-9-22)13-11-19-23(15(13)21-17)10-7-18-16(24)12(2)3/h11-12H,4-10H2,1-3H3,(H,18,24). The van der Waals surface area contributed by atoms with Gasteiger partial charge in [-0.05, 0) is 18.6 Å². The normalized spacial score (nSPS) is 14.6. The van der Waals surface area contributed by atoms with Gasteiger partial charge in [-0.2, -0.15) is 5.10 Å². The van der Waals surface area contributed by atoms with Gasteiger partial charge in [0, 0.05) is 25.6 Å². The van der Waals surface area contributed by atoms with Crippen molar-refractivity contribution in [1.82, 2.24) is 25.1 Å². The SMILES string of the molecule is CCSc1nc(N2CCCC2)c2cnn(CCNC(=O)C(C)C)c2n1. The summed E-state index contributed by atoms with van der Waals surface area (Å²) in [5.41, 5.74) is 0.853. The maximum atomic E-state index is 11.7. The molecule has 0 spiro atoms. The van der Waals surface area contributed by atoms with Crippen LogP contribution in [0.1, 0.15) is 33.6 Å². The summed E-state index contributed by atoms with van der Waals surface area (Å²) in [4.78, 5) is 23.5.